The van der Waals surface area contributed by atoms with E-state index >= 15 is 0 Å². The lowest BCUT2D eigenvalue weighted by Gasteiger charge is -2.34. The Hall–Kier alpha value is -2.25. The standard InChI is InChI=1S/C19H32N6O10/c20-3-1-4-23-9(16(22)31)14(35-18-13(30)10(27)7(6-21)33-18)15-11(28)12(29)17(34-15)25-5-2-8(26)24-19(25)32/h2,5,7,9-15,17-18,23,27-30H,1,3-4,6,20-21H2,(H2,22,31)(H,24,26,32)/t7-,9?,10-,11?,12?,13-,14+,15+,17-,18+/m1/s1. The van der Waals surface area contributed by atoms with Crippen molar-refractivity contribution >= 4 is 5.91 Å². The molecule has 0 saturated carbocycles. The predicted molar refractivity (Wildman–Crippen MR) is 117 cm³/mol. The molecule has 3 unspecified atom stereocenters. The van der Waals surface area contributed by atoms with Crippen LogP contribution in [0, 0.1) is 0 Å². The van der Waals surface area contributed by atoms with Crippen LogP contribution >= 0.6 is 0 Å². The Bertz CT molecular complexity index is 974. The molecule has 2 fully saturated rings. The number of aliphatic hydroxyl groups is 4. The van der Waals surface area contributed by atoms with Gasteiger partial charge in [0.2, 0.25) is 5.91 Å². The molecule has 0 bridgehead atoms. The van der Waals surface area contributed by atoms with Crippen LogP contribution in [0.15, 0.2) is 21.9 Å². The van der Waals surface area contributed by atoms with Crippen LogP contribution in [-0.2, 0) is 19.0 Å². The number of rotatable bonds is 11. The molecule has 1 amide bonds. The molecule has 0 aromatic carbocycles. The number of hydrogen-bond acceptors (Lipinski definition) is 13. The Morgan fingerprint density at radius 1 is 1.14 bits per heavy atom. The number of nitrogens with one attached hydrogen (secondary N) is 2. The molecule has 1 aromatic rings. The Labute approximate surface area is 198 Å². The van der Waals surface area contributed by atoms with E-state index < -0.39 is 78.4 Å². The second-order valence-corrected chi connectivity index (χ2v) is 8.33. The van der Waals surface area contributed by atoms with Crippen molar-refractivity contribution in [3.8, 4) is 0 Å². The van der Waals surface area contributed by atoms with E-state index in [1.54, 1.807) is 0 Å². The van der Waals surface area contributed by atoms with Gasteiger partial charge in [-0.3, -0.25) is 19.1 Å². The second kappa shape index (κ2) is 11.7. The summed E-state index contributed by atoms with van der Waals surface area (Å²) in [4.78, 5) is 38.0. The summed E-state index contributed by atoms with van der Waals surface area (Å²) in [6.07, 6.45) is -11.8. The number of hydrogen-bond donors (Lipinski definition) is 9. The lowest BCUT2D eigenvalue weighted by atomic mass is 9.98. The van der Waals surface area contributed by atoms with Gasteiger partial charge in [-0.15, -0.1) is 0 Å². The zero-order chi connectivity index (χ0) is 25.9. The van der Waals surface area contributed by atoms with Crippen molar-refractivity contribution in [3.05, 3.63) is 33.1 Å². The van der Waals surface area contributed by atoms with Crippen molar-refractivity contribution in [3.63, 3.8) is 0 Å². The molecule has 16 heteroatoms. The molecule has 198 valence electrons. The Kier molecular flexibility index (Phi) is 9.11. The summed E-state index contributed by atoms with van der Waals surface area (Å²) in [5.74, 6) is -0.926. The molecule has 2 aliphatic rings. The van der Waals surface area contributed by atoms with Gasteiger partial charge in [-0.1, -0.05) is 0 Å². The summed E-state index contributed by atoms with van der Waals surface area (Å²) in [5.41, 5.74) is 15.0. The number of aromatic nitrogens is 2. The van der Waals surface area contributed by atoms with E-state index in [2.05, 4.69) is 5.32 Å². The predicted octanol–water partition coefficient (Wildman–Crippen LogP) is -6.26. The zero-order valence-corrected chi connectivity index (χ0v) is 18.7. The van der Waals surface area contributed by atoms with Crippen molar-refractivity contribution in [1.29, 1.82) is 0 Å². The van der Waals surface area contributed by atoms with Crippen LogP contribution in [0.4, 0.5) is 0 Å². The summed E-state index contributed by atoms with van der Waals surface area (Å²) in [6.45, 7) is 0.354. The third kappa shape index (κ3) is 5.78. The van der Waals surface area contributed by atoms with Crippen molar-refractivity contribution in [2.45, 2.75) is 67.7 Å². The normalized spacial score (nSPS) is 34.7. The molecule has 2 saturated heterocycles. The minimum Gasteiger partial charge on any atom is -0.387 e. The van der Waals surface area contributed by atoms with Crippen LogP contribution in [-0.4, -0.2) is 111 Å². The molecule has 2 aliphatic heterocycles. The average molecular weight is 504 g/mol. The van der Waals surface area contributed by atoms with Crippen molar-refractivity contribution < 1.29 is 39.4 Å². The Balaban J connectivity index is 1.93. The molecule has 10 atom stereocenters. The molecule has 35 heavy (non-hydrogen) atoms. The van der Waals surface area contributed by atoms with E-state index in [9.17, 15) is 34.8 Å². The van der Waals surface area contributed by atoms with E-state index in [-0.39, 0.29) is 19.6 Å². The molecule has 12 N–H and O–H groups in total. The molecule has 1 aromatic heterocycles. The van der Waals surface area contributed by atoms with Gasteiger partial charge in [-0.25, -0.2) is 4.79 Å². The van der Waals surface area contributed by atoms with Gasteiger partial charge >= 0.3 is 5.69 Å². The third-order valence-electron chi connectivity index (χ3n) is 5.95. The van der Waals surface area contributed by atoms with Gasteiger partial charge in [0.05, 0.1) is 0 Å². The topological polar surface area (TPSA) is 271 Å². The fraction of sp³-hybridized carbons (Fsp3) is 0.737. The van der Waals surface area contributed by atoms with Gasteiger partial charge in [0.15, 0.2) is 12.5 Å². The molecule has 3 heterocycles. The molecule has 0 spiro atoms. The quantitative estimate of drug-likeness (QED) is 0.127. The van der Waals surface area contributed by atoms with Crippen LogP contribution in [0.3, 0.4) is 0 Å². The first-order chi connectivity index (χ1) is 16.6. The minimum atomic E-state index is -1.71. The molecular weight excluding hydrogens is 472 g/mol. The molecule has 0 aliphatic carbocycles. The van der Waals surface area contributed by atoms with E-state index in [1.807, 2.05) is 4.98 Å². The lowest BCUT2D eigenvalue weighted by Crippen LogP contribution is -2.59. The highest BCUT2D eigenvalue weighted by atomic mass is 16.7. The number of carbonyl (C=O) groups excluding carboxylic acids is 1. The summed E-state index contributed by atoms with van der Waals surface area (Å²) in [5, 5.41) is 44.7. The number of aliphatic hydroxyl groups excluding tert-OH is 4. The van der Waals surface area contributed by atoms with Gasteiger partial charge in [0.1, 0.15) is 48.8 Å². The molecule has 3 rings (SSSR count). The summed E-state index contributed by atoms with van der Waals surface area (Å²) in [6, 6.07) is -0.327. The number of nitrogens with two attached hydrogens (primary N) is 3. The highest BCUT2D eigenvalue weighted by molar-refractivity contribution is 5.80. The smallest absolute Gasteiger partial charge is 0.330 e. The van der Waals surface area contributed by atoms with Crippen LogP contribution in [0.5, 0.6) is 0 Å². The number of nitrogens with zero attached hydrogens (tertiary/aromatic N) is 1. The first-order valence-electron chi connectivity index (χ1n) is 11.0. The third-order valence-corrected chi connectivity index (χ3v) is 5.95. The van der Waals surface area contributed by atoms with E-state index in [4.69, 9.17) is 31.4 Å². The Morgan fingerprint density at radius 3 is 2.43 bits per heavy atom. The molecule has 0 radical (unpaired) electrons. The van der Waals surface area contributed by atoms with Gasteiger partial charge in [-0.05, 0) is 19.5 Å². The van der Waals surface area contributed by atoms with Crippen LogP contribution in [0.2, 0.25) is 0 Å². The average Bonchev–Trinajstić information content (AvgIpc) is 3.25. The number of amides is 1. The van der Waals surface area contributed by atoms with Crippen LogP contribution < -0.4 is 33.8 Å². The summed E-state index contributed by atoms with van der Waals surface area (Å²) in [7, 11) is 0. The van der Waals surface area contributed by atoms with Gasteiger partial charge < -0.3 is 57.2 Å². The maximum absolute atomic E-state index is 12.3. The van der Waals surface area contributed by atoms with Crippen LogP contribution in [0.25, 0.3) is 0 Å². The number of aromatic amines is 1. The fourth-order valence-electron chi connectivity index (χ4n) is 4.08. The van der Waals surface area contributed by atoms with Gasteiger partial charge in [0, 0.05) is 18.8 Å². The largest absolute Gasteiger partial charge is 0.387 e. The first kappa shape index (κ1) is 27.3. The monoisotopic (exact) mass is 504 g/mol. The van der Waals surface area contributed by atoms with Crippen LogP contribution in [0.1, 0.15) is 12.6 Å². The maximum Gasteiger partial charge on any atom is 0.330 e. The summed E-state index contributed by atoms with van der Waals surface area (Å²) >= 11 is 0. The minimum absolute atomic E-state index is 0.144. The number of carbonyl (C=O) groups is 1. The first-order valence-corrected chi connectivity index (χ1v) is 11.0. The number of H-pyrrole nitrogens is 1. The zero-order valence-electron chi connectivity index (χ0n) is 18.7. The fourth-order valence-corrected chi connectivity index (χ4v) is 4.08. The highest BCUT2D eigenvalue weighted by Gasteiger charge is 2.53. The second-order valence-electron chi connectivity index (χ2n) is 8.33. The summed E-state index contributed by atoms with van der Waals surface area (Å²) < 4.78 is 17.8. The van der Waals surface area contributed by atoms with E-state index in [1.165, 1.54) is 0 Å². The van der Waals surface area contributed by atoms with E-state index in [0.717, 1.165) is 16.8 Å². The van der Waals surface area contributed by atoms with Crippen molar-refractivity contribution in [2.24, 2.45) is 17.2 Å². The van der Waals surface area contributed by atoms with Crippen molar-refractivity contribution in [2.75, 3.05) is 19.6 Å². The lowest BCUT2D eigenvalue weighted by molar-refractivity contribution is -0.226. The Morgan fingerprint density at radius 2 is 1.86 bits per heavy atom. The highest BCUT2D eigenvalue weighted by Crippen LogP contribution is 2.34. The molecule has 16 nitrogen and oxygen atoms in total. The van der Waals surface area contributed by atoms with Gasteiger partial charge in [0.25, 0.3) is 5.56 Å². The van der Waals surface area contributed by atoms with Crippen molar-refractivity contribution in [1.82, 2.24) is 14.9 Å². The number of primary amides is 1. The van der Waals surface area contributed by atoms with Gasteiger partial charge in [-0.2, -0.15) is 0 Å². The maximum atomic E-state index is 12.3. The number of ether oxygens (including phenoxy) is 3. The SMILES string of the molecule is NCCCNC(C(N)=O)[C@H](O[C@@H]1O[C@H](CN)[C@@H](O)[C@H]1O)[C@H]1O[C@@H](n2ccc(=O)[nH]c2=O)C(O)C1O. The van der Waals surface area contributed by atoms with E-state index in [0.29, 0.717) is 6.42 Å². The molecular formula is C19H32N6O10.